The Morgan fingerprint density at radius 3 is 2.59 bits per heavy atom. The molecular formula is C20H20N2O4S. The number of rotatable bonds is 7. The fourth-order valence-corrected chi connectivity index (χ4v) is 3.45. The van der Waals surface area contributed by atoms with Gasteiger partial charge < -0.3 is 14.4 Å². The van der Waals surface area contributed by atoms with Gasteiger partial charge in [-0.15, -0.1) is 11.3 Å². The minimum Gasteiger partial charge on any atom is -0.482 e. The molecule has 0 N–H and O–H groups in total. The molecule has 0 aliphatic rings. The third-order valence-electron chi connectivity index (χ3n) is 3.93. The Morgan fingerprint density at radius 1 is 1.07 bits per heavy atom. The number of nitrogens with zero attached hydrogens (tertiary/aromatic N) is 2. The maximum atomic E-state index is 12.2. The van der Waals surface area contributed by atoms with Crippen LogP contribution in [0.2, 0.25) is 0 Å². The monoisotopic (exact) mass is 384 g/mol. The largest absolute Gasteiger partial charge is 0.482 e. The van der Waals surface area contributed by atoms with Crippen LogP contribution in [0.4, 0.5) is 0 Å². The molecule has 0 saturated heterocycles. The second-order valence-electron chi connectivity index (χ2n) is 6.04. The molecule has 140 valence electrons. The van der Waals surface area contributed by atoms with E-state index in [9.17, 15) is 9.59 Å². The molecule has 1 amide bonds. The lowest BCUT2D eigenvalue weighted by atomic mass is 10.2. The number of hydrogen-bond donors (Lipinski definition) is 0. The first-order valence-corrected chi connectivity index (χ1v) is 9.27. The molecule has 7 heteroatoms. The zero-order valence-corrected chi connectivity index (χ0v) is 16.0. The topological polar surface area (TPSA) is 68.7 Å². The molecule has 0 bridgehead atoms. The second-order valence-corrected chi connectivity index (χ2v) is 7.16. The van der Waals surface area contributed by atoms with Crippen molar-refractivity contribution in [3.8, 4) is 5.75 Å². The molecule has 0 radical (unpaired) electrons. The predicted octanol–water partition coefficient (Wildman–Crippen LogP) is 3.19. The van der Waals surface area contributed by atoms with Gasteiger partial charge in [-0.3, -0.25) is 4.79 Å². The number of ether oxygens (including phenoxy) is 2. The van der Waals surface area contributed by atoms with Gasteiger partial charge in [-0.05, 0) is 30.7 Å². The van der Waals surface area contributed by atoms with Gasteiger partial charge in [0.15, 0.2) is 13.2 Å². The van der Waals surface area contributed by atoms with Crippen LogP contribution in [0.3, 0.4) is 0 Å². The number of aromatic nitrogens is 1. The van der Waals surface area contributed by atoms with E-state index < -0.39 is 5.97 Å². The van der Waals surface area contributed by atoms with Crippen LogP contribution < -0.4 is 4.74 Å². The fraction of sp³-hybridized carbons (Fsp3) is 0.250. The number of aryl methyl sites for hydroxylation is 1. The number of carbonyl (C=O) groups is 2. The summed E-state index contributed by atoms with van der Waals surface area (Å²) in [7, 11) is 1.66. The number of fused-ring (bicyclic) bond motifs is 1. The maximum Gasteiger partial charge on any atom is 0.344 e. The number of amides is 1. The van der Waals surface area contributed by atoms with Gasteiger partial charge in [0.2, 0.25) is 0 Å². The Kier molecular flexibility index (Phi) is 6.03. The molecule has 0 atom stereocenters. The zero-order valence-electron chi connectivity index (χ0n) is 15.2. The molecule has 1 aromatic heterocycles. The average Bonchev–Trinajstić information content (AvgIpc) is 3.07. The maximum absolute atomic E-state index is 12.2. The van der Waals surface area contributed by atoms with E-state index in [4.69, 9.17) is 9.47 Å². The summed E-state index contributed by atoms with van der Waals surface area (Å²) in [5, 5.41) is 0.835. The number of hydrogen-bond acceptors (Lipinski definition) is 6. The summed E-state index contributed by atoms with van der Waals surface area (Å²) in [5.41, 5.74) is 1.84. The molecule has 3 rings (SSSR count). The molecule has 0 unspecified atom stereocenters. The van der Waals surface area contributed by atoms with Crippen molar-refractivity contribution in [2.75, 3.05) is 20.3 Å². The third kappa shape index (κ3) is 5.04. The number of carbonyl (C=O) groups excluding carboxylic acids is 2. The smallest absolute Gasteiger partial charge is 0.344 e. The minimum absolute atomic E-state index is 0.236. The lowest BCUT2D eigenvalue weighted by Crippen LogP contribution is -2.31. The molecule has 0 aliphatic carbocycles. The van der Waals surface area contributed by atoms with Gasteiger partial charge in [0.1, 0.15) is 10.8 Å². The van der Waals surface area contributed by atoms with Gasteiger partial charge in [-0.25, -0.2) is 9.78 Å². The summed E-state index contributed by atoms with van der Waals surface area (Å²) in [6, 6.07) is 15.2. The Morgan fingerprint density at radius 2 is 1.81 bits per heavy atom. The predicted molar refractivity (Wildman–Crippen MR) is 104 cm³/mol. The third-order valence-corrected chi connectivity index (χ3v) is 4.95. The molecule has 0 aliphatic heterocycles. The van der Waals surface area contributed by atoms with Crippen molar-refractivity contribution in [3.63, 3.8) is 0 Å². The van der Waals surface area contributed by atoms with Crippen molar-refractivity contribution in [2.24, 2.45) is 0 Å². The van der Waals surface area contributed by atoms with E-state index >= 15 is 0 Å². The fourth-order valence-electron chi connectivity index (χ4n) is 2.43. The molecule has 0 saturated carbocycles. The lowest BCUT2D eigenvalue weighted by molar-refractivity contribution is -0.153. The van der Waals surface area contributed by atoms with Crippen LogP contribution in [-0.4, -0.2) is 42.0 Å². The van der Waals surface area contributed by atoms with E-state index in [0.717, 1.165) is 20.8 Å². The first-order valence-electron chi connectivity index (χ1n) is 8.45. The average molecular weight is 384 g/mol. The van der Waals surface area contributed by atoms with Crippen LogP contribution in [0.5, 0.6) is 5.75 Å². The van der Waals surface area contributed by atoms with Crippen molar-refractivity contribution in [1.82, 2.24) is 9.88 Å². The van der Waals surface area contributed by atoms with Crippen molar-refractivity contribution < 1.29 is 19.1 Å². The summed E-state index contributed by atoms with van der Waals surface area (Å²) >= 11 is 1.54. The Balaban J connectivity index is 1.45. The van der Waals surface area contributed by atoms with Gasteiger partial charge in [0, 0.05) is 7.05 Å². The van der Waals surface area contributed by atoms with Crippen molar-refractivity contribution >= 4 is 33.4 Å². The van der Waals surface area contributed by atoms with Crippen LogP contribution in [0.15, 0.2) is 48.5 Å². The summed E-state index contributed by atoms with van der Waals surface area (Å²) in [5.74, 6) is -0.257. The van der Waals surface area contributed by atoms with E-state index in [1.807, 2.05) is 49.4 Å². The number of thiazole rings is 1. The highest BCUT2D eigenvalue weighted by Gasteiger charge is 2.15. The van der Waals surface area contributed by atoms with Crippen LogP contribution in [-0.2, 0) is 20.9 Å². The Hall–Kier alpha value is -2.93. The van der Waals surface area contributed by atoms with Gasteiger partial charge in [-0.2, -0.15) is 0 Å². The SMILES string of the molecule is Cc1ccccc1OCC(=O)OCC(=O)N(C)Cc1nc2ccccc2s1. The molecule has 3 aromatic rings. The van der Waals surface area contributed by atoms with Crippen LogP contribution >= 0.6 is 11.3 Å². The molecule has 27 heavy (non-hydrogen) atoms. The van der Waals surface area contributed by atoms with Crippen LogP contribution in [0.25, 0.3) is 10.2 Å². The number of para-hydroxylation sites is 2. The Bertz CT molecular complexity index is 921. The van der Waals surface area contributed by atoms with Gasteiger partial charge in [0.25, 0.3) is 5.91 Å². The molecule has 0 fully saturated rings. The van der Waals surface area contributed by atoms with E-state index in [1.54, 1.807) is 24.5 Å². The summed E-state index contributed by atoms with van der Waals surface area (Å²) in [6.45, 7) is 1.70. The van der Waals surface area contributed by atoms with Crippen LogP contribution in [0, 0.1) is 6.92 Å². The Labute approximate surface area is 161 Å². The summed E-state index contributed by atoms with van der Waals surface area (Å²) in [6.07, 6.45) is 0. The van der Waals surface area contributed by atoms with Gasteiger partial charge in [0.05, 0.1) is 16.8 Å². The summed E-state index contributed by atoms with van der Waals surface area (Å²) < 4.78 is 11.5. The highest BCUT2D eigenvalue weighted by molar-refractivity contribution is 7.18. The molecule has 1 heterocycles. The van der Waals surface area contributed by atoms with E-state index in [2.05, 4.69) is 4.98 Å². The first kappa shape index (κ1) is 18.8. The molecule has 0 spiro atoms. The summed E-state index contributed by atoms with van der Waals surface area (Å²) in [4.78, 5) is 30.0. The van der Waals surface area contributed by atoms with Gasteiger partial charge >= 0.3 is 5.97 Å². The van der Waals surface area contributed by atoms with Crippen molar-refractivity contribution in [1.29, 1.82) is 0 Å². The number of benzene rings is 2. The van der Waals surface area contributed by atoms with Gasteiger partial charge in [-0.1, -0.05) is 30.3 Å². The normalized spacial score (nSPS) is 10.6. The second kappa shape index (κ2) is 8.64. The number of likely N-dealkylation sites (N-methyl/N-ethyl adjacent to an activating group) is 1. The highest BCUT2D eigenvalue weighted by atomic mass is 32.1. The first-order chi connectivity index (χ1) is 13.0. The van der Waals surface area contributed by atoms with Crippen LogP contribution in [0.1, 0.15) is 10.6 Å². The van der Waals surface area contributed by atoms with Crippen molar-refractivity contribution in [3.05, 3.63) is 59.1 Å². The van der Waals surface area contributed by atoms with E-state index in [0.29, 0.717) is 12.3 Å². The molecule has 6 nitrogen and oxygen atoms in total. The standard InChI is InChI=1S/C20H20N2O4S/c1-14-7-3-5-9-16(14)25-13-20(24)26-12-19(23)22(2)11-18-21-15-8-4-6-10-17(15)27-18/h3-10H,11-13H2,1-2H3. The van der Waals surface area contributed by atoms with E-state index in [-0.39, 0.29) is 19.1 Å². The molecular weight excluding hydrogens is 364 g/mol. The lowest BCUT2D eigenvalue weighted by Gasteiger charge is -2.15. The quantitative estimate of drug-likeness (QED) is 0.585. The number of esters is 1. The zero-order chi connectivity index (χ0) is 19.2. The highest BCUT2D eigenvalue weighted by Crippen LogP contribution is 2.22. The van der Waals surface area contributed by atoms with E-state index in [1.165, 1.54) is 4.90 Å². The molecule has 2 aromatic carbocycles. The van der Waals surface area contributed by atoms with Crippen molar-refractivity contribution in [2.45, 2.75) is 13.5 Å². The minimum atomic E-state index is -0.583.